The van der Waals surface area contributed by atoms with Crippen molar-refractivity contribution >= 4 is 33.8 Å². The Balaban J connectivity index is 2.38. The fraction of sp³-hybridized carbons (Fsp3) is 0.200. The maximum atomic E-state index is 11.6. The second-order valence-electron chi connectivity index (χ2n) is 4.68. The van der Waals surface area contributed by atoms with Gasteiger partial charge in [-0.05, 0) is 46.6 Å². The van der Waals surface area contributed by atoms with Crippen molar-refractivity contribution in [2.45, 2.75) is 6.92 Å². The third-order valence-corrected chi connectivity index (χ3v) is 3.64. The largest absolute Gasteiger partial charge is 0.493 e. The van der Waals surface area contributed by atoms with Crippen LogP contribution >= 0.6 is 15.9 Å². The third kappa shape index (κ3) is 4.15. The minimum atomic E-state index is -1.04. The van der Waals surface area contributed by atoms with Crippen LogP contribution in [0, 0.1) is 10.1 Å². The van der Waals surface area contributed by atoms with E-state index in [0.29, 0.717) is 28.1 Å². The SMILES string of the molecule is CCOc1c(Br)cc(C=Cc2nc(O)c([N+](=O)[O-])c(=O)[nH]2)cc1OC. The highest BCUT2D eigenvalue weighted by Gasteiger charge is 2.21. The fourth-order valence-corrected chi connectivity index (χ4v) is 2.59. The minimum absolute atomic E-state index is 0.0305. The van der Waals surface area contributed by atoms with Crippen LogP contribution in [0.5, 0.6) is 17.4 Å². The molecule has 2 rings (SSSR count). The van der Waals surface area contributed by atoms with Gasteiger partial charge in [0.05, 0.1) is 23.1 Å². The number of aromatic hydroxyl groups is 1. The highest BCUT2D eigenvalue weighted by Crippen LogP contribution is 2.37. The summed E-state index contributed by atoms with van der Waals surface area (Å²) >= 11 is 3.39. The van der Waals surface area contributed by atoms with Gasteiger partial charge in [0.15, 0.2) is 11.5 Å². The van der Waals surface area contributed by atoms with Gasteiger partial charge in [-0.1, -0.05) is 6.08 Å². The maximum Gasteiger partial charge on any atom is 0.395 e. The second kappa shape index (κ2) is 7.79. The lowest BCUT2D eigenvalue weighted by molar-refractivity contribution is -0.387. The van der Waals surface area contributed by atoms with Crippen LogP contribution in [-0.2, 0) is 0 Å². The zero-order valence-electron chi connectivity index (χ0n) is 13.3. The molecule has 132 valence electrons. The number of nitrogens with zero attached hydrogens (tertiary/aromatic N) is 2. The molecule has 2 aromatic rings. The van der Waals surface area contributed by atoms with Crippen LogP contribution in [0.4, 0.5) is 5.69 Å². The number of hydrogen-bond acceptors (Lipinski definition) is 7. The zero-order chi connectivity index (χ0) is 18.6. The smallest absolute Gasteiger partial charge is 0.395 e. The van der Waals surface area contributed by atoms with Crippen molar-refractivity contribution in [3.05, 3.63) is 48.5 Å². The first-order chi connectivity index (χ1) is 11.9. The molecule has 0 spiro atoms. The predicted molar refractivity (Wildman–Crippen MR) is 94.0 cm³/mol. The number of H-pyrrole nitrogens is 1. The molecular formula is C15H14BrN3O6. The number of rotatable bonds is 6. The fourth-order valence-electron chi connectivity index (χ4n) is 2.01. The summed E-state index contributed by atoms with van der Waals surface area (Å²) < 4.78 is 11.4. The lowest BCUT2D eigenvalue weighted by Gasteiger charge is -2.12. The highest BCUT2D eigenvalue weighted by atomic mass is 79.9. The van der Waals surface area contributed by atoms with Crippen molar-refractivity contribution in [1.82, 2.24) is 9.97 Å². The molecule has 1 heterocycles. The number of hydrogen-bond donors (Lipinski definition) is 2. The van der Waals surface area contributed by atoms with Gasteiger partial charge in [0, 0.05) is 0 Å². The molecule has 0 saturated heterocycles. The predicted octanol–water partition coefficient (Wildman–Crippen LogP) is 2.72. The van der Waals surface area contributed by atoms with E-state index in [1.165, 1.54) is 13.2 Å². The van der Waals surface area contributed by atoms with Gasteiger partial charge in [-0.15, -0.1) is 0 Å². The van der Waals surface area contributed by atoms with Crippen LogP contribution in [0.2, 0.25) is 0 Å². The average Bonchev–Trinajstić information content (AvgIpc) is 2.54. The van der Waals surface area contributed by atoms with Gasteiger partial charge in [-0.3, -0.25) is 14.9 Å². The van der Waals surface area contributed by atoms with Crippen LogP contribution in [0.3, 0.4) is 0 Å². The van der Waals surface area contributed by atoms with Crippen molar-refractivity contribution in [3.63, 3.8) is 0 Å². The Hall–Kier alpha value is -2.88. The van der Waals surface area contributed by atoms with E-state index < -0.39 is 22.0 Å². The van der Waals surface area contributed by atoms with E-state index in [0.717, 1.165) is 0 Å². The van der Waals surface area contributed by atoms with Gasteiger partial charge in [0.2, 0.25) is 0 Å². The number of ether oxygens (including phenoxy) is 2. The first-order valence-corrected chi connectivity index (χ1v) is 7.82. The molecule has 2 N–H and O–H groups in total. The molecule has 0 saturated carbocycles. The second-order valence-corrected chi connectivity index (χ2v) is 5.54. The maximum absolute atomic E-state index is 11.6. The number of aromatic amines is 1. The summed E-state index contributed by atoms with van der Waals surface area (Å²) in [5.41, 5.74) is -1.35. The molecule has 0 aliphatic rings. The van der Waals surface area contributed by atoms with Crippen LogP contribution < -0.4 is 15.0 Å². The number of nitrogens with one attached hydrogen (secondary N) is 1. The molecule has 0 bridgehead atoms. The molecule has 0 aliphatic carbocycles. The van der Waals surface area contributed by atoms with Crippen LogP contribution in [0.25, 0.3) is 12.2 Å². The summed E-state index contributed by atoms with van der Waals surface area (Å²) in [5.74, 6) is 0.0847. The number of methoxy groups -OCH3 is 1. The van der Waals surface area contributed by atoms with Crippen LogP contribution in [-0.4, -0.2) is 33.7 Å². The Labute approximate surface area is 150 Å². The summed E-state index contributed by atoms with van der Waals surface area (Å²) in [6.45, 7) is 2.32. The van der Waals surface area contributed by atoms with Crippen LogP contribution in [0.15, 0.2) is 21.4 Å². The van der Waals surface area contributed by atoms with E-state index in [1.54, 1.807) is 18.2 Å². The Morgan fingerprint density at radius 1 is 1.44 bits per heavy atom. The molecule has 25 heavy (non-hydrogen) atoms. The standard InChI is InChI=1S/C15H14BrN3O6/c1-3-25-13-9(16)6-8(7-10(13)24-2)4-5-11-17-14(20)12(19(22)23)15(21)18-11/h4-7H,3H2,1-2H3,(H2,17,18,20,21). The van der Waals surface area contributed by atoms with E-state index in [9.17, 15) is 20.0 Å². The number of halogens is 1. The highest BCUT2D eigenvalue weighted by molar-refractivity contribution is 9.10. The Morgan fingerprint density at radius 3 is 2.72 bits per heavy atom. The minimum Gasteiger partial charge on any atom is -0.493 e. The first kappa shape index (κ1) is 18.5. The van der Waals surface area contributed by atoms with Gasteiger partial charge in [0.25, 0.3) is 5.88 Å². The molecule has 0 aliphatic heterocycles. The first-order valence-electron chi connectivity index (χ1n) is 7.03. The number of benzene rings is 1. The quantitative estimate of drug-likeness (QED) is 0.552. The molecule has 0 fully saturated rings. The summed E-state index contributed by atoms with van der Waals surface area (Å²) in [5, 5.41) is 20.2. The van der Waals surface area contributed by atoms with Gasteiger partial charge in [-0.2, -0.15) is 4.98 Å². The average molecular weight is 412 g/mol. The summed E-state index contributed by atoms with van der Waals surface area (Å²) in [6, 6.07) is 3.46. The molecule has 0 radical (unpaired) electrons. The Kier molecular flexibility index (Phi) is 5.75. The number of nitro groups is 1. The normalized spacial score (nSPS) is 10.8. The van der Waals surface area contributed by atoms with Gasteiger partial charge in [0.1, 0.15) is 5.82 Å². The van der Waals surface area contributed by atoms with Crippen molar-refractivity contribution in [2.24, 2.45) is 0 Å². The monoisotopic (exact) mass is 411 g/mol. The third-order valence-electron chi connectivity index (χ3n) is 3.05. The lowest BCUT2D eigenvalue weighted by atomic mass is 10.2. The summed E-state index contributed by atoms with van der Waals surface area (Å²) in [6.07, 6.45) is 2.99. The lowest BCUT2D eigenvalue weighted by Crippen LogP contribution is -2.14. The molecule has 1 aromatic heterocycles. The van der Waals surface area contributed by atoms with Crippen molar-refractivity contribution in [1.29, 1.82) is 0 Å². The molecule has 0 amide bonds. The van der Waals surface area contributed by atoms with E-state index in [4.69, 9.17) is 9.47 Å². The molecular weight excluding hydrogens is 398 g/mol. The van der Waals surface area contributed by atoms with Crippen molar-refractivity contribution in [2.75, 3.05) is 13.7 Å². The number of aromatic nitrogens is 2. The van der Waals surface area contributed by atoms with E-state index >= 15 is 0 Å². The Bertz CT molecular complexity index is 894. The van der Waals surface area contributed by atoms with Crippen molar-refractivity contribution in [3.8, 4) is 17.4 Å². The molecule has 1 aromatic carbocycles. The molecule has 0 atom stereocenters. The van der Waals surface area contributed by atoms with Gasteiger partial charge < -0.3 is 19.6 Å². The molecule has 10 heteroatoms. The van der Waals surface area contributed by atoms with Gasteiger partial charge >= 0.3 is 11.2 Å². The Morgan fingerprint density at radius 2 is 2.16 bits per heavy atom. The molecule has 9 nitrogen and oxygen atoms in total. The zero-order valence-corrected chi connectivity index (χ0v) is 14.9. The molecule has 0 unspecified atom stereocenters. The van der Waals surface area contributed by atoms with Crippen molar-refractivity contribution < 1.29 is 19.5 Å². The van der Waals surface area contributed by atoms with Crippen LogP contribution in [0.1, 0.15) is 18.3 Å². The summed E-state index contributed by atoms with van der Waals surface area (Å²) in [7, 11) is 1.51. The van der Waals surface area contributed by atoms with Gasteiger partial charge in [-0.25, -0.2) is 0 Å². The van der Waals surface area contributed by atoms with E-state index in [2.05, 4.69) is 25.9 Å². The summed E-state index contributed by atoms with van der Waals surface area (Å²) in [4.78, 5) is 27.1. The van der Waals surface area contributed by atoms with E-state index in [-0.39, 0.29) is 5.82 Å². The topological polar surface area (TPSA) is 128 Å². The van der Waals surface area contributed by atoms with E-state index in [1.807, 2.05) is 6.92 Å².